The van der Waals surface area contributed by atoms with Crippen LogP contribution in [0.25, 0.3) is 22.2 Å². The Morgan fingerprint density at radius 3 is 2.61 bits per heavy atom. The minimum Gasteiger partial charge on any atom is -0.384 e. The van der Waals surface area contributed by atoms with Crippen LogP contribution in [0, 0.1) is 5.92 Å². The molecule has 0 bridgehead atoms. The van der Waals surface area contributed by atoms with E-state index in [0.717, 1.165) is 91.9 Å². The molecule has 2 aliphatic heterocycles. The summed E-state index contributed by atoms with van der Waals surface area (Å²) in [6.07, 6.45) is 11.1. The molecule has 41 heavy (non-hydrogen) atoms. The Labute approximate surface area is 244 Å². The van der Waals surface area contributed by atoms with Gasteiger partial charge in [0.05, 0.1) is 17.8 Å². The van der Waals surface area contributed by atoms with Gasteiger partial charge in [-0.25, -0.2) is 4.98 Å². The molecule has 0 spiro atoms. The van der Waals surface area contributed by atoms with Gasteiger partial charge in [0, 0.05) is 42.1 Å². The minimum absolute atomic E-state index is 0.0367. The molecule has 2 N–H and O–H groups in total. The second kappa shape index (κ2) is 15.2. The van der Waals surface area contributed by atoms with Gasteiger partial charge in [-0.2, -0.15) is 0 Å². The monoisotopic (exact) mass is 558 g/mol. The van der Waals surface area contributed by atoms with Gasteiger partial charge in [-0.05, 0) is 95.0 Å². The van der Waals surface area contributed by atoms with Gasteiger partial charge in [0.15, 0.2) is 0 Å². The number of nitrogens with one attached hydrogen (secondary N) is 2. The van der Waals surface area contributed by atoms with Gasteiger partial charge < -0.3 is 25.2 Å². The summed E-state index contributed by atoms with van der Waals surface area (Å²) in [5, 5.41) is 7.75. The van der Waals surface area contributed by atoms with E-state index >= 15 is 0 Å². The lowest BCUT2D eigenvalue weighted by atomic mass is 9.97. The zero-order chi connectivity index (χ0) is 28.3. The molecule has 0 aliphatic carbocycles. The lowest BCUT2D eigenvalue weighted by Gasteiger charge is -2.31. The highest BCUT2D eigenvalue weighted by Crippen LogP contribution is 2.28. The van der Waals surface area contributed by atoms with Crippen LogP contribution in [0.1, 0.15) is 51.0 Å². The standard InChI is InChI=1S/C33H46N6O2/c1-2-38-19-12-26(13-20-38)22-36-33(40)25-41-24-27-7-9-28(10-8-27)31-21-32(29-23-34-15-11-30(29)37-31)35-14-6-18-39-16-4-3-5-17-39/h7-11,15,21,23,26H,2-6,12-14,16-20,22,24-25H2,1H3,(H,35,37)(H,36,40). The molecule has 0 unspecified atom stereocenters. The number of hydrogen-bond acceptors (Lipinski definition) is 7. The van der Waals surface area contributed by atoms with E-state index in [4.69, 9.17) is 9.72 Å². The predicted molar refractivity (Wildman–Crippen MR) is 166 cm³/mol. The lowest BCUT2D eigenvalue weighted by molar-refractivity contribution is -0.126. The minimum atomic E-state index is -0.0367. The Morgan fingerprint density at radius 2 is 1.83 bits per heavy atom. The topological polar surface area (TPSA) is 82.6 Å². The Kier molecular flexibility index (Phi) is 10.9. The fourth-order valence-electron chi connectivity index (χ4n) is 5.92. The number of piperidine rings is 2. The van der Waals surface area contributed by atoms with E-state index in [1.54, 1.807) is 6.20 Å². The number of anilines is 1. The van der Waals surface area contributed by atoms with Gasteiger partial charge in [-0.1, -0.05) is 37.6 Å². The number of amides is 1. The van der Waals surface area contributed by atoms with Gasteiger partial charge in [-0.15, -0.1) is 0 Å². The number of benzene rings is 1. The second-order valence-corrected chi connectivity index (χ2v) is 11.5. The average molecular weight is 559 g/mol. The van der Waals surface area contributed by atoms with E-state index < -0.39 is 0 Å². The summed E-state index contributed by atoms with van der Waals surface area (Å²) < 4.78 is 5.72. The third-order valence-electron chi connectivity index (χ3n) is 8.52. The summed E-state index contributed by atoms with van der Waals surface area (Å²) in [4.78, 5) is 26.6. The number of carbonyl (C=O) groups is 1. The Morgan fingerprint density at radius 1 is 1.02 bits per heavy atom. The Bertz CT molecular complexity index is 1240. The molecule has 2 fully saturated rings. The van der Waals surface area contributed by atoms with Gasteiger partial charge in [0.25, 0.3) is 0 Å². The summed E-state index contributed by atoms with van der Waals surface area (Å²) >= 11 is 0. The van der Waals surface area contributed by atoms with Gasteiger partial charge in [-0.3, -0.25) is 9.78 Å². The molecule has 4 heterocycles. The number of hydrogen-bond donors (Lipinski definition) is 2. The van der Waals surface area contributed by atoms with Crippen molar-refractivity contribution in [2.24, 2.45) is 5.92 Å². The third kappa shape index (κ3) is 8.71. The fourth-order valence-corrected chi connectivity index (χ4v) is 5.92. The first kappa shape index (κ1) is 29.4. The van der Waals surface area contributed by atoms with Crippen LogP contribution in [-0.2, 0) is 16.1 Å². The maximum atomic E-state index is 12.3. The summed E-state index contributed by atoms with van der Waals surface area (Å²) in [6, 6.07) is 12.4. The van der Waals surface area contributed by atoms with Crippen LogP contribution in [0.4, 0.5) is 5.69 Å². The van der Waals surface area contributed by atoms with Crippen LogP contribution in [0.15, 0.2) is 48.8 Å². The number of nitrogens with zero attached hydrogens (tertiary/aromatic N) is 4. The molecule has 8 heteroatoms. The molecule has 1 aromatic carbocycles. The Hall–Kier alpha value is -3.07. The molecular formula is C33H46N6O2. The van der Waals surface area contributed by atoms with Crippen LogP contribution < -0.4 is 10.6 Å². The van der Waals surface area contributed by atoms with Crippen LogP contribution in [0.3, 0.4) is 0 Å². The number of fused-ring (bicyclic) bond motifs is 1. The molecule has 1 amide bonds. The van der Waals surface area contributed by atoms with Crippen molar-refractivity contribution in [1.29, 1.82) is 0 Å². The van der Waals surface area contributed by atoms with E-state index in [1.807, 2.05) is 12.3 Å². The molecule has 8 nitrogen and oxygen atoms in total. The molecule has 3 aromatic rings. The largest absolute Gasteiger partial charge is 0.384 e. The van der Waals surface area contributed by atoms with E-state index in [0.29, 0.717) is 12.5 Å². The van der Waals surface area contributed by atoms with Crippen molar-refractivity contribution >= 4 is 22.5 Å². The van der Waals surface area contributed by atoms with Crippen molar-refractivity contribution in [2.45, 2.75) is 52.1 Å². The first-order valence-electron chi connectivity index (χ1n) is 15.5. The molecular weight excluding hydrogens is 512 g/mol. The van der Waals surface area contributed by atoms with Crippen LogP contribution in [-0.4, -0.2) is 84.6 Å². The van der Waals surface area contributed by atoms with Crippen molar-refractivity contribution in [1.82, 2.24) is 25.1 Å². The summed E-state index contributed by atoms with van der Waals surface area (Å²) in [7, 11) is 0. The maximum absolute atomic E-state index is 12.3. The molecule has 5 rings (SSSR count). The number of likely N-dealkylation sites (tertiary alicyclic amines) is 2. The molecule has 220 valence electrons. The number of rotatable bonds is 13. The number of pyridine rings is 2. The van der Waals surface area contributed by atoms with Crippen molar-refractivity contribution in [2.75, 3.05) is 64.3 Å². The second-order valence-electron chi connectivity index (χ2n) is 11.5. The van der Waals surface area contributed by atoms with E-state index in [2.05, 4.69) is 62.7 Å². The smallest absolute Gasteiger partial charge is 0.246 e. The highest BCUT2D eigenvalue weighted by molar-refractivity contribution is 5.93. The zero-order valence-electron chi connectivity index (χ0n) is 24.6. The highest BCUT2D eigenvalue weighted by atomic mass is 16.5. The number of ether oxygens (including phenoxy) is 1. The zero-order valence-corrected chi connectivity index (χ0v) is 24.6. The molecule has 0 radical (unpaired) electrons. The van der Waals surface area contributed by atoms with E-state index in [-0.39, 0.29) is 12.5 Å². The van der Waals surface area contributed by atoms with E-state index in [9.17, 15) is 4.79 Å². The molecule has 0 saturated carbocycles. The highest BCUT2D eigenvalue weighted by Gasteiger charge is 2.18. The van der Waals surface area contributed by atoms with Gasteiger partial charge >= 0.3 is 0 Å². The van der Waals surface area contributed by atoms with Crippen molar-refractivity contribution in [3.05, 3.63) is 54.4 Å². The lowest BCUT2D eigenvalue weighted by Crippen LogP contribution is -2.39. The molecule has 2 aliphatic rings. The predicted octanol–water partition coefficient (Wildman–Crippen LogP) is 4.95. The first-order chi connectivity index (χ1) is 20.2. The molecule has 2 aromatic heterocycles. The summed E-state index contributed by atoms with van der Waals surface area (Å²) in [6.45, 7) is 11.4. The SMILES string of the molecule is CCN1CCC(CNC(=O)COCc2ccc(-c3cc(NCCCN4CCCCC4)c4cnccc4n3)cc2)CC1. The molecule has 2 saturated heterocycles. The number of carbonyl (C=O) groups excluding carboxylic acids is 1. The Balaban J connectivity index is 1.10. The fraction of sp³-hybridized carbons (Fsp3) is 0.545. The van der Waals surface area contributed by atoms with Gasteiger partial charge in [0.1, 0.15) is 6.61 Å². The number of aromatic nitrogens is 2. The van der Waals surface area contributed by atoms with Crippen molar-refractivity contribution in [3.8, 4) is 11.3 Å². The first-order valence-corrected chi connectivity index (χ1v) is 15.5. The molecule has 0 atom stereocenters. The van der Waals surface area contributed by atoms with E-state index in [1.165, 1.54) is 32.4 Å². The van der Waals surface area contributed by atoms with Gasteiger partial charge in [0.2, 0.25) is 5.91 Å². The quantitative estimate of drug-likeness (QED) is 0.287. The maximum Gasteiger partial charge on any atom is 0.246 e. The van der Waals surface area contributed by atoms with Crippen molar-refractivity contribution in [3.63, 3.8) is 0 Å². The van der Waals surface area contributed by atoms with Crippen LogP contribution in [0.5, 0.6) is 0 Å². The summed E-state index contributed by atoms with van der Waals surface area (Å²) in [5.74, 6) is 0.537. The third-order valence-corrected chi connectivity index (χ3v) is 8.52. The average Bonchev–Trinajstić information content (AvgIpc) is 3.03. The van der Waals surface area contributed by atoms with Crippen LogP contribution >= 0.6 is 0 Å². The summed E-state index contributed by atoms with van der Waals surface area (Å²) in [5.41, 5.74) is 5.03. The van der Waals surface area contributed by atoms with Crippen molar-refractivity contribution < 1.29 is 9.53 Å². The van der Waals surface area contributed by atoms with Crippen LogP contribution in [0.2, 0.25) is 0 Å². The normalized spacial score (nSPS) is 17.1.